The predicted molar refractivity (Wildman–Crippen MR) is 217 cm³/mol. The topological polar surface area (TPSA) is 103 Å². The molecule has 4 aromatic carbocycles. The van der Waals surface area contributed by atoms with Crippen LogP contribution in [-0.2, 0) is 16.1 Å². The molecule has 12 heteroatoms. The van der Waals surface area contributed by atoms with E-state index < -0.39 is 6.29 Å². The Hall–Kier alpha value is -5.40. The largest absolute Gasteiger partial charge is 0.497 e. The maximum absolute atomic E-state index is 6.44. The molecule has 0 radical (unpaired) electrons. The van der Waals surface area contributed by atoms with Gasteiger partial charge < -0.3 is 43.5 Å². The van der Waals surface area contributed by atoms with Gasteiger partial charge in [0.2, 0.25) is 11.8 Å². The number of piperazine rings is 1. The Morgan fingerprint density at radius 1 is 0.768 bits per heavy atom. The molecule has 1 N–H and O–H groups in total. The highest BCUT2D eigenvalue weighted by Crippen LogP contribution is 2.40. The van der Waals surface area contributed by atoms with Gasteiger partial charge in [0, 0.05) is 63.3 Å². The van der Waals surface area contributed by atoms with Gasteiger partial charge in [0.05, 0.1) is 44.2 Å². The minimum atomic E-state index is -0.570. The Bertz CT molecular complexity index is 2050. The summed E-state index contributed by atoms with van der Waals surface area (Å²) in [5.41, 5.74) is 5.22. The van der Waals surface area contributed by atoms with E-state index in [1.165, 1.54) is 0 Å². The number of hydrogen-bond donors (Lipinski definition) is 1. The average molecular weight is 759 g/mol. The van der Waals surface area contributed by atoms with Crippen molar-refractivity contribution in [3.05, 3.63) is 108 Å². The molecule has 0 spiro atoms. The highest BCUT2D eigenvalue weighted by Gasteiger charge is 2.28. The summed E-state index contributed by atoms with van der Waals surface area (Å²) in [6, 6.07) is 30.2. The molecule has 292 valence electrons. The second kappa shape index (κ2) is 17.6. The lowest BCUT2D eigenvalue weighted by Gasteiger charge is -2.42. The third-order valence-corrected chi connectivity index (χ3v) is 10.8. The number of ether oxygens (including phenoxy) is 6. The lowest BCUT2D eigenvalue weighted by molar-refractivity contribution is -0.0458. The van der Waals surface area contributed by atoms with Crippen molar-refractivity contribution in [3.63, 3.8) is 0 Å². The first kappa shape index (κ1) is 37.5. The van der Waals surface area contributed by atoms with Crippen LogP contribution in [0.2, 0.25) is 0 Å². The van der Waals surface area contributed by atoms with Gasteiger partial charge in [-0.2, -0.15) is 4.98 Å². The molecular formula is C44H50N6O6. The zero-order chi connectivity index (χ0) is 38.3. The van der Waals surface area contributed by atoms with Crippen molar-refractivity contribution in [1.29, 1.82) is 0 Å². The normalized spacial score (nSPS) is 17.2. The molecule has 0 saturated carbocycles. The van der Waals surface area contributed by atoms with Crippen LogP contribution in [-0.4, -0.2) is 99.6 Å². The number of methoxy groups -OCH3 is 2. The lowest BCUT2D eigenvalue weighted by Crippen LogP contribution is -2.52. The molecule has 0 unspecified atom stereocenters. The van der Waals surface area contributed by atoms with E-state index in [2.05, 4.69) is 39.2 Å². The first-order valence-corrected chi connectivity index (χ1v) is 19.4. The third-order valence-electron chi connectivity index (χ3n) is 10.8. The van der Waals surface area contributed by atoms with Crippen molar-refractivity contribution in [2.75, 3.05) is 84.0 Å². The van der Waals surface area contributed by atoms with Gasteiger partial charge in [-0.3, -0.25) is 4.90 Å². The molecule has 1 aromatic heterocycles. The van der Waals surface area contributed by atoms with Crippen molar-refractivity contribution >= 4 is 17.3 Å². The quantitative estimate of drug-likeness (QED) is 0.128. The Balaban J connectivity index is 1.02. The van der Waals surface area contributed by atoms with E-state index in [9.17, 15) is 0 Å². The van der Waals surface area contributed by atoms with E-state index in [1.807, 2.05) is 78.9 Å². The van der Waals surface area contributed by atoms with Gasteiger partial charge in [-0.15, -0.1) is 0 Å². The van der Waals surface area contributed by atoms with Gasteiger partial charge in [-0.1, -0.05) is 36.4 Å². The standard InChI is InChI=1S/C44H50N6O6/c1-48-21-23-50(24-22-48)33-17-19-49(20-18-33)34-12-15-39(41(28-34)52-3)46-44-45-29-38(42(47-44)56-36-7-5-4-6-8-36)32-11-16-40(37(27-32)43-53-25-26-54-43)55-30-31-9-13-35(51-2)14-10-31/h4-16,27-29,33,43H,17-26,30H2,1-3H3,(H,45,46,47). The lowest BCUT2D eigenvalue weighted by atomic mass is 10.0. The predicted octanol–water partition coefficient (Wildman–Crippen LogP) is 7.54. The number of benzene rings is 4. The highest BCUT2D eigenvalue weighted by molar-refractivity contribution is 5.73. The Labute approximate surface area is 328 Å². The fraction of sp³-hybridized carbons (Fsp3) is 0.364. The highest BCUT2D eigenvalue weighted by atomic mass is 16.7. The minimum Gasteiger partial charge on any atom is -0.497 e. The van der Waals surface area contributed by atoms with E-state index >= 15 is 0 Å². The fourth-order valence-corrected chi connectivity index (χ4v) is 7.53. The van der Waals surface area contributed by atoms with Crippen LogP contribution in [0.5, 0.6) is 28.9 Å². The number of anilines is 3. The molecule has 0 aliphatic carbocycles. The number of rotatable bonds is 13. The zero-order valence-corrected chi connectivity index (χ0v) is 32.4. The molecule has 3 fully saturated rings. The summed E-state index contributed by atoms with van der Waals surface area (Å²) in [6.07, 6.45) is 3.53. The van der Waals surface area contributed by atoms with Gasteiger partial charge in [0.25, 0.3) is 0 Å². The van der Waals surface area contributed by atoms with Crippen LogP contribution in [0.25, 0.3) is 11.1 Å². The van der Waals surface area contributed by atoms with Gasteiger partial charge >= 0.3 is 0 Å². The maximum Gasteiger partial charge on any atom is 0.231 e. The Kier molecular flexibility index (Phi) is 11.8. The van der Waals surface area contributed by atoms with Crippen molar-refractivity contribution in [1.82, 2.24) is 19.8 Å². The van der Waals surface area contributed by atoms with Crippen LogP contribution >= 0.6 is 0 Å². The molecule has 5 aromatic rings. The zero-order valence-electron chi connectivity index (χ0n) is 32.4. The number of piperidine rings is 1. The molecular weight excluding hydrogens is 709 g/mol. The van der Waals surface area contributed by atoms with Crippen LogP contribution in [0.4, 0.5) is 17.3 Å². The van der Waals surface area contributed by atoms with E-state index in [1.54, 1.807) is 20.4 Å². The monoisotopic (exact) mass is 758 g/mol. The van der Waals surface area contributed by atoms with Crippen molar-refractivity contribution in [2.45, 2.75) is 31.8 Å². The molecule has 8 rings (SSSR count). The van der Waals surface area contributed by atoms with Gasteiger partial charge in [0.15, 0.2) is 6.29 Å². The second-order valence-corrected chi connectivity index (χ2v) is 14.4. The number of nitrogens with one attached hydrogen (secondary N) is 1. The third kappa shape index (κ3) is 8.84. The molecule has 4 heterocycles. The smallest absolute Gasteiger partial charge is 0.231 e. The molecule has 56 heavy (non-hydrogen) atoms. The van der Waals surface area contributed by atoms with Crippen LogP contribution in [0.1, 0.15) is 30.3 Å². The van der Waals surface area contributed by atoms with Crippen molar-refractivity contribution in [2.24, 2.45) is 0 Å². The maximum atomic E-state index is 6.44. The average Bonchev–Trinajstić information content (AvgIpc) is 3.79. The molecule has 3 aliphatic heterocycles. The summed E-state index contributed by atoms with van der Waals surface area (Å²) < 4.78 is 35.9. The van der Waals surface area contributed by atoms with Crippen molar-refractivity contribution < 1.29 is 28.4 Å². The van der Waals surface area contributed by atoms with Gasteiger partial charge in [-0.25, -0.2) is 4.98 Å². The SMILES string of the molecule is COc1ccc(COc2ccc(-c3cnc(Nc4ccc(N5CCC(N6CCN(C)CC6)CC5)cc4OC)nc3Oc3ccccc3)cc2C2OCCO2)cc1. The van der Waals surface area contributed by atoms with Crippen LogP contribution in [0.3, 0.4) is 0 Å². The van der Waals surface area contributed by atoms with Gasteiger partial charge in [-0.05, 0) is 79.5 Å². The summed E-state index contributed by atoms with van der Waals surface area (Å²) in [6.45, 7) is 8.04. The first-order valence-electron chi connectivity index (χ1n) is 19.4. The molecule has 3 saturated heterocycles. The minimum absolute atomic E-state index is 0.370. The van der Waals surface area contributed by atoms with Crippen molar-refractivity contribution in [3.8, 4) is 40.0 Å². The number of hydrogen-bond acceptors (Lipinski definition) is 12. The Morgan fingerprint density at radius 3 is 2.27 bits per heavy atom. The molecule has 0 atom stereocenters. The number of aromatic nitrogens is 2. The first-order chi connectivity index (χ1) is 27.5. The van der Waals surface area contributed by atoms with E-state index in [0.29, 0.717) is 60.5 Å². The summed E-state index contributed by atoms with van der Waals surface area (Å²) >= 11 is 0. The van der Waals surface area contributed by atoms with E-state index in [0.717, 1.165) is 85.9 Å². The summed E-state index contributed by atoms with van der Waals surface area (Å²) in [4.78, 5) is 17.2. The number of para-hydroxylation sites is 1. The summed E-state index contributed by atoms with van der Waals surface area (Å²) in [5.74, 6) is 3.59. The van der Waals surface area contributed by atoms with Crippen LogP contribution < -0.4 is 29.2 Å². The second-order valence-electron chi connectivity index (χ2n) is 14.4. The molecule has 0 amide bonds. The number of nitrogens with zero attached hydrogens (tertiary/aromatic N) is 5. The Morgan fingerprint density at radius 2 is 1.54 bits per heavy atom. The molecule has 12 nitrogen and oxygen atoms in total. The number of likely N-dealkylation sites (N-methyl/N-ethyl adjacent to an activating group) is 1. The van der Waals surface area contributed by atoms with Crippen LogP contribution in [0.15, 0.2) is 97.2 Å². The molecule has 3 aliphatic rings. The summed E-state index contributed by atoms with van der Waals surface area (Å²) in [7, 11) is 5.56. The molecule has 0 bridgehead atoms. The van der Waals surface area contributed by atoms with Crippen LogP contribution in [0, 0.1) is 0 Å². The summed E-state index contributed by atoms with van der Waals surface area (Å²) in [5, 5.41) is 3.39. The fourth-order valence-electron chi connectivity index (χ4n) is 7.53. The van der Waals surface area contributed by atoms with Gasteiger partial charge in [0.1, 0.15) is 29.6 Å². The van der Waals surface area contributed by atoms with E-state index in [-0.39, 0.29) is 0 Å². The van der Waals surface area contributed by atoms with E-state index in [4.69, 9.17) is 38.4 Å².